The largest absolute Gasteiger partial charge is 0.370 e. The van der Waals surface area contributed by atoms with E-state index in [0.29, 0.717) is 17.9 Å². The molecular formula is C17H28N4. The molecule has 1 aromatic carbocycles. The number of hydrogen-bond acceptors (Lipinski definition) is 2. The van der Waals surface area contributed by atoms with Crippen molar-refractivity contribution >= 4 is 5.96 Å². The van der Waals surface area contributed by atoms with Crippen molar-refractivity contribution in [1.82, 2.24) is 10.2 Å². The highest BCUT2D eigenvalue weighted by Crippen LogP contribution is 2.13. The molecule has 3 N–H and O–H groups in total. The second-order valence-corrected chi connectivity index (χ2v) is 6.30. The Balaban J connectivity index is 1.72. The van der Waals surface area contributed by atoms with Gasteiger partial charge in [0.25, 0.3) is 0 Å². The molecule has 0 amide bonds. The zero-order chi connectivity index (χ0) is 15.1. The Morgan fingerprint density at radius 3 is 2.57 bits per heavy atom. The average molecular weight is 288 g/mol. The van der Waals surface area contributed by atoms with Gasteiger partial charge in [0.05, 0.1) is 0 Å². The van der Waals surface area contributed by atoms with E-state index in [9.17, 15) is 0 Å². The van der Waals surface area contributed by atoms with Crippen LogP contribution in [-0.2, 0) is 6.54 Å². The molecule has 0 unspecified atom stereocenters. The molecule has 1 aliphatic heterocycles. The van der Waals surface area contributed by atoms with E-state index in [-0.39, 0.29) is 0 Å². The van der Waals surface area contributed by atoms with Gasteiger partial charge in [0.1, 0.15) is 0 Å². The lowest BCUT2D eigenvalue weighted by molar-refractivity contribution is 0.199. The van der Waals surface area contributed by atoms with Crippen molar-refractivity contribution < 1.29 is 0 Å². The first-order chi connectivity index (χ1) is 10.1. The summed E-state index contributed by atoms with van der Waals surface area (Å²) in [5.41, 5.74) is 7.33. The highest BCUT2D eigenvalue weighted by atomic mass is 15.2. The number of benzene rings is 1. The standard InChI is InChI=1S/C17H28N4/c1-14(2)12-19-17(18)20-16-8-10-21(11-9-16)13-15-6-4-3-5-7-15/h3-7,14,16H,8-13H2,1-2H3,(H3,18,19,20). The molecule has 2 rings (SSSR count). The van der Waals surface area contributed by atoms with Crippen molar-refractivity contribution in [3.8, 4) is 0 Å². The van der Waals surface area contributed by atoms with E-state index in [4.69, 9.17) is 5.73 Å². The van der Waals surface area contributed by atoms with Crippen LogP contribution in [0.1, 0.15) is 32.3 Å². The summed E-state index contributed by atoms with van der Waals surface area (Å²) in [6.07, 6.45) is 2.26. The average Bonchev–Trinajstić information content (AvgIpc) is 2.48. The molecule has 1 aliphatic rings. The summed E-state index contributed by atoms with van der Waals surface area (Å²) in [5, 5.41) is 3.36. The summed E-state index contributed by atoms with van der Waals surface area (Å²) in [6, 6.07) is 11.1. The van der Waals surface area contributed by atoms with E-state index in [1.165, 1.54) is 5.56 Å². The molecule has 1 fully saturated rings. The Labute approximate surface area is 128 Å². The molecule has 0 radical (unpaired) electrons. The van der Waals surface area contributed by atoms with E-state index in [1.807, 2.05) is 0 Å². The van der Waals surface area contributed by atoms with Gasteiger partial charge in [-0.2, -0.15) is 0 Å². The van der Waals surface area contributed by atoms with Crippen LogP contribution < -0.4 is 11.1 Å². The van der Waals surface area contributed by atoms with Gasteiger partial charge in [-0.1, -0.05) is 44.2 Å². The number of hydrogen-bond donors (Lipinski definition) is 2. The molecule has 0 bridgehead atoms. The molecule has 1 saturated heterocycles. The number of rotatable bonds is 5. The van der Waals surface area contributed by atoms with Gasteiger partial charge in [-0.15, -0.1) is 0 Å². The summed E-state index contributed by atoms with van der Waals surface area (Å²) < 4.78 is 0. The smallest absolute Gasteiger partial charge is 0.188 e. The predicted molar refractivity (Wildman–Crippen MR) is 89.2 cm³/mol. The van der Waals surface area contributed by atoms with Crippen LogP contribution in [0.25, 0.3) is 0 Å². The van der Waals surface area contributed by atoms with Crippen LogP contribution in [0.3, 0.4) is 0 Å². The maximum absolute atomic E-state index is 5.94. The summed E-state index contributed by atoms with van der Waals surface area (Å²) in [5.74, 6) is 1.16. The van der Waals surface area contributed by atoms with Gasteiger partial charge < -0.3 is 11.1 Å². The second-order valence-electron chi connectivity index (χ2n) is 6.30. The van der Waals surface area contributed by atoms with Crippen molar-refractivity contribution in [2.75, 3.05) is 19.6 Å². The monoisotopic (exact) mass is 288 g/mol. The molecule has 4 nitrogen and oxygen atoms in total. The van der Waals surface area contributed by atoms with E-state index in [2.05, 4.69) is 59.4 Å². The van der Waals surface area contributed by atoms with Crippen molar-refractivity contribution in [3.05, 3.63) is 35.9 Å². The van der Waals surface area contributed by atoms with Gasteiger partial charge in [-0.3, -0.25) is 9.89 Å². The number of guanidine groups is 1. The maximum Gasteiger partial charge on any atom is 0.188 e. The van der Waals surface area contributed by atoms with Crippen molar-refractivity contribution in [2.45, 2.75) is 39.3 Å². The van der Waals surface area contributed by atoms with Gasteiger partial charge in [0.15, 0.2) is 5.96 Å². The molecule has 21 heavy (non-hydrogen) atoms. The molecule has 116 valence electrons. The zero-order valence-corrected chi connectivity index (χ0v) is 13.3. The Morgan fingerprint density at radius 1 is 1.29 bits per heavy atom. The highest BCUT2D eigenvalue weighted by molar-refractivity contribution is 5.78. The topological polar surface area (TPSA) is 53.6 Å². The SMILES string of the molecule is CC(C)CN=C(N)NC1CCN(Cc2ccccc2)CC1. The van der Waals surface area contributed by atoms with Gasteiger partial charge in [-0.25, -0.2) is 0 Å². The highest BCUT2D eigenvalue weighted by Gasteiger charge is 2.19. The number of nitrogens with two attached hydrogens (primary N) is 1. The zero-order valence-electron chi connectivity index (χ0n) is 13.3. The third-order valence-electron chi connectivity index (χ3n) is 3.82. The fraction of sp³-hybridized carbons (Fsp3) is 0.588. The quantitative estimate of drug-likeness (QED) is 0.645. The molecule has 0 aromatic heterocycles. The summed E-state index contributed by atoms with van der Waals surface area (Å²) in [4.78, 5) is 6.88. The van der Waals surface area contributed by atoms with E-state index in [1.54, 1.807) is 0 Å². The van der Waals surface area contributed by atoms with Gasteiger partial charge in [0.2, 0.25) is 0 Å². The van der Waals surface area contributed by atoms with Crippen LogP contribution in [0.5, 0.6) is 0 Å². The van der Waals surface area contributed by atoms with Crippen molar-refractivity contribution in [2.24, 2.45) is 16.6 Å². The summed E-state index contributed by atoms with van der Waals surface area (Å²) >= 11 is 0. The first kappa shape index (κ1) is 15.8. The molecule has 0 saturated carbocycles. The molecular weight excluding hydrogens is 260 g/mol. The predicted octanol–water partition coefficient (Wildman–Crippen LogP) is 2.21. The Bertz CT molecular complexity index is 433. The van der Waals surface area contributed by atoms with E-state index < -0.39 is 0 Å². The van der Waals surface area contributed by atoms with Crippen LogP contribution in [0, 0.1) is 5.92 Å². The summed E-state index contributed by atoms with van der Waals surface area (Å²) in [6.45, 7) is 8.38. The van der Waals surface area contributed by atoms with Gasteiger partial charge >= 0.3 is 0 Å². The minimum atomic E-state index is 0.466. The van der Waals surface area contributed by atoms with E-state index >= 15 is 0 Å². The van der Waals surface area contributed by atoms with Crippen LogP contribution in [0.2, 0.25) is 0 Å². The van der Waals surface area contributed by atoms with Gasteiger partial charge in [-0.05, 0) is 24.3 Å². The van der Waals surface area contributed by atoms with Crippen LogP contribution in [0.15, 0.2) is 35.3 Å². The van der Waals surface area contributed by atoms with Crippen LogP contribution >= 0.6 is 0 Å². The first-order valence-corrected chi connectivity index (χ1v) is 7.96. The minimum Gasteiger partial charge on any atom is -0.370 e. The number of likely N-dealkylation sites (tertiary alicyclic amines) is 1. The Morgan fingerprint density at radius 2 is 1.95 bits per heavy atom. The lowest BCUT2D eigenvalue weighted by Crippen LogP contribution is -2.46. The minimum absolute atomic E-state index is 0.466. The Kier molecular flexibility index (Phi) is 6.05. The molecule has 0 atom stereocenters. The Hall–Kier alpha value is -1.55. The molecule has 1 heterocycles. The lowest BCUT2D eigenvalue weighted by Gasteiger charge is -2.32. The third kappa shape index (κ3) is 5.76. The molecule has 0 aliphatic carbocycles. The third-order valence-corrected chi connectivity index (χ3v) is 3.82. The fourth-order valence-electron chi connectivity index (χ4n) is 2.61. The van der Waals surface area contributed by atoms with E-state index in [0.717, 1.165) is 39.0 Å². The first-order valence-electron chi connectivity index (χ1n) is 7.96. The number of aliphatic imine (C=N–C) groups is 1. The molecule has 0 spiro atoms. The van der Waals surface area contributed by atoms with Crippen molar-refractivity contribution in [3.63, 3.8) is 0 Å². The number of nitrogens with one attached hydrogen (secondary N) is 1. The molecule has 1 aromatic rings. The normalized spacial score (nSPS) is 18.1. The summed E-state index contributed by atoms with van der Waals surface area (Å²) in [7, 11) is 0. The number of nitrogens with zero attached hydrogens (tertiary/aromatic N) is 2. The lowest BCUT2D eigenvalue weighted by atomic mass is 10.0. The second kappa shape index (κ2) is 8.03. The van der Waals surface area contributed by atoms with Crippen LogP contribution in [0.4, 0.5) is 0 Å². The molecule has 4 heteroatoms. The number of piperidine rings is 1. The van der Waals surface area contributed by atoms with Gasteiger partial charge in [0, 0.05) is 32.2 Å². The fourth-order valence-corrected chi connectivity index (χ4v) is 2.61. The van der Waals surface area contributed by atoms with Crippen molar-refractivity contribution in [1.29, 1.82) is 0 Å². The maximum atomic E-state index is 5.94. The van der Waals surface area contributed by atoms with Crippen LogP contribution in [-0.4, -0.2) is 36.5 Å².